The van der Waals surface area contributed by atoms with Crippen LogP contribution in [0.2, 0.25) is 0 Å². The highest BCUT2D eigenvalue weighted by Crippen LogP contribution is 2.26. The first kappa shape index (κ1) is 15.6. The van der Waals surface area contributed by atoms with Crippen LogP contribution < -0.4 is 10.1 Å². The molecule has 2 rings (SSSR count). The first-order valence-corrected chi connectivity index (χ1v) is 7.55. The van der Waals surface area contributed by atoms with Gasteiger partial charge in [0.05, 0.1) is 10.9 Å². The Kier molecular flexibility index (Phi) is 5.39. The summed E-state index contributed by atoms with van der Waals surface area (Å²) in [7, 11) is 1.64. The molecular formula is C17H18BrNO2. The van der Waals surface area contributed by atoms with E-state index in [1.807, 2.05) is 49.4 Å². The van der Waals surface area contributed by atoms with E-state index in [1.54, 1.807) is 7.05 Å². The van der Waals surface area contributed by atoms with Gasteiger partial charge in [-0.25, -0.2) is 0 Å². The summed E-state index contributed by atoms with van der Waals surface area (Å²) in [5, 5.41) is 2.64. The third-order valence-corrected chi connectivity index (χ3v) is 3.84. The molecule has 0 bridgehead atoms. The highest BCUT2D eigenvalue weighted by Gasteiger charge is 2.08. The second kappa shape index (κ2) is 7.27. The predicted molar refractivity (Wildman–Crippen MR) is 87.4 cm³/mol. The Balaban J connectivity index is 2.11. The number of halogens is 1. The Morgan fingerprint density at radius 1 is 1.19 bits per heavy atom. The van der Waals surface area contributed by atoms with Gasteiger partial charge in [-0.1, -0.05) is 30.3 Å². The summed E-state index contributed by atoms with van der Waals surface area (Å²) in [5.41, 5.74) is 3.18. The topological polar surface area (TPSA) is 38.3 Å². The van der Waals surface area contributed by atoms with Crippen LogP contribution in [0.15, 0.2) is 46.9 Å². The van der Waals surface area contributed by atoms with Crippen molar-refractivity contribution in [2.45, 2.75) is 20.0 Å². The van der Waals surface area contributed by atoms with Crippen LogP contribution >= 0.6 is 15.9 Å². The molecule has 0 spiro atoms. The van der Waals surface area contributed by atoms with Crippen LogP contribution in [-0.2, 0) is 17.8 Å². The van der Waals surface area contributed by atoms with Crippen molar-refractivity contribution in [2.24, 2.45) is 0 Å². The number of hydrogen-bond donors (Lipinski definition) is 1. The normalized spacial score (nSPS) is 10.2. The summed E-state index contributed by atoms with van der Waals surface area (Å²) < 4.78 is 6.79. The van der Waals surface area contributed by atoms with Crippen molar-refractivity contribution < 1.29 is 9.53 Å². The number of rotatable bonds is 5. The number of nitrogens with one attached hydrogen (secondary N) is 1. The minimum Gasteiger partial charge on any atom is -0.488 e. The maximum absolute atomic E-state index is 11.5. The van der Waals surface area contributed by atoms with E-state index in [0.717, 1.165) is 21.3 Å². The van der Waals surface area contributed by atoms with Gasteiger partial charge in [0.25, 0.3) is 0 Å². The zero-order valence-corrected chi connectivity index (χ0v) is 13.7. The van der Waals surface area contributed by atoms with E-state index in [0.29, 0.717) is 13.0 Å². The van der Waals surface area contributed by atoms with E-state index in [1.165, 1.54) is 5.56 Å². The smallest absolute Gasteiger partial charge is 0.224 e. The van der Waals surface area contributed by atoms with Crippen LogP contribution in [0.4, 0.5) is 0 Å². The van der Waals surface area contributed by atoms with Crippen LogP contribution in [-0.4, -0.2) is 13.0 Å². The Labute approximate surface area is 133 Å². The molecule has 0 saturated heterocycles. The zero-order chi connectivity index (χ0) is 15.2. The molecule has 0 aromatic heterocycles. The minimum atomic E-state index is -0.000957. The zero-order valence-electron chi connectivity index (χ0n) is 12.2. The number of carbonyl (C=O) groups excluding carboxylic acids is 1. The van der Waals surface area contributed by atoms with Gasteiger partial charge in [0, 0.05) is 7.05 Å². The average molecular weight is 348 g/mol. The lowest BCUT2D eigenvalue weighted by molar-refractivity contribution is -0.119. The van der Waals surface area contributed by atoms with Crippen LogP contribution in [0.5, 0.6) is 5.75 Å². The van der Waals surface area contributed by atoms with Gasteiger partial charge in [-0.2, -0.15) is 0 Å². The van der Waals surface area contributed by atoms with Crippen LogP contribution in [0.3, 0.4) is 0 Å². The molecule has 1 amide bonds. The lowest BCUT2D eigenvalue weighted by Crippen LogP contribution is -2.20. The van der Waals surface area contributed by atoms with Crippen molar-refractivity contribution >= 4 is 21.8 Å². The molecule has 0 atom stereocenters. The molecule has 0 saturated carbocycles. The number of amides is 1. The molecule has 4 heteroatoms. The van der Waals surface area contributed by atoms with Crippen molar-refractivity contribution in [3.63, 3.8) is 0 Å². The van der Waals surface area contributed by atoms with Gasteiger partial charge in [-0.3, -0.25) is 4.79 Å². The second-order valence-corrected chi connectivity index (χ2v) is 5.70. The Hall–Kier alpha value is -1.81. The summed E-state index contributed by atoms with van der Waals surface area (Å²) in [5.74, 6) is 0.800. The third kappa shape index (κ3) is 4.33. The highest BCUT2D eigenvalue weighted by molar-refractivity contribution is 9.10. The van der Waals surface area contributed by atoms with Crippen molar-refractivity contribution in [1.29, 1.82) is 0 Å². The van der Waals surface area contributed by atoms with Gasteiger partial charge in [0.1, 0.15) is 12.4 Å². The number of aryl methyl sites for hydroxylation is 1. The van der Waals surface area contributed by atoms with Crippen molar-refractivity contribution in [2.75, 3.05) is 7.05 Å². The number of benzene rings is 2. The van der Waals surface area contributed by atoms with Gasteiger partial charge in [0.15, 0.2) is 0 Å². The SMILES string of the molecule is CNC(=O)Cc1ccccc1COc1ccc(C)cc1Br. The standard InChI is InChI=1S/C17H18BrNO2/c1-12-7-8-16(15(18)9-12)21-11-14-6-4-3-5-13(14)10-17(20)19-2/h3-9H,10-11H2,1-2H3,(H,19,20). The van der Waals surface area contributed by atoms with Crippen LogP contribution in [0, 0.1) is 6.92 Å². The molecule has 0 heterocycles. The van der Waals surface area contributed by atoms with Gasteiger partial charge in [-0.15, -0.1) is 0 Å². The number of likely N-dealkylation sites (N-methyl/N-ethyl adjacent to an activating group) is 1. The number of hydrogen-bond acceptors (Lipinski definition) is 2. The van der Waals surface area contributed by atoms with Crippen molar-refractivity contribution in [3.05, 3.63) is 63.6 Å². The number of ether oxygens (including phenoxy) is 1. The van der Waals surface area contributed by atoms with E-state index in [2.05, 4.69) is 21.2 Å². The molecule has 0 unspecified atom stereocenters. The molecule has 0 aliphatic heterocycles. The number of carbonyl (C=O) groups is 1. The molecule has 21 heavy (non-hydrogen) atoms. The second-order valence-electron chi connectivity index (χ2n) is 4.84. The lowest BCUT2D eigenvalue weighted by atomic mass is 10.0. The fourth-order valence-corrected chi connectivity index (χ4v) is 2.62. The maximum Gasteiger partial charge on any atom is 0.224 e. The molecule has 3 nitrogen and oxygen atoms in total. The maximum atomic E-state index is 11.5. The van der Waals surface area contributed by atoms with Gasteiger partial charge in [0.2, 0.25) is 5.91 Å². The fraction of sp³-hybridized carbons (Fsp3) is 0.235. The fourth-order valence-electron chi connectivity index (χ4n) is 2.01. The Morgan fingerprint density at radius 3 is 2.57 bits per heavy atom. The Morgan fingerprint density at radius 2 is 1.90 bits per heavy atom. The lowest BCUT2D eigenvalue weighted by Gasteiger charge is -2.12. The van der Waals surface area contributed by atoms with Crippen molar-refractivity contribution in [3.8, 4) is 5.75 Å². The molecule has 110 valence electrons. The van der Waals surface area contributed by atoms with Crippen LogP contribution in [0.25, 0.3) is 0 Å². The molecule has 0 aliphatic carbocycles. The van der Waals surface area contributed by atoms with E-state index >= 15 is 0 Å². The first-order valence-electron chi connectivity index (χ1n) is 6.76. The predicted octanol–water partition coefficient (Wildman–Crippen LogP) is 3.63. The Bertz CT molecular complexity index is 640. The molecule has 0 radical (unpaired) electrons. The minimum absolute atomic E-state index is 0.000957. The van der Waals surface area contributed by atoms with E-state index in [-0.39, 0.29) is 5.91 Å². The van der Waals surface area contributed by atoms with Crippen LogP contribution in [0.1, 0.15) is 16.7 Å². The van der Waals surface area contributed by atoms with E-state index in [4.69, 9.17) is 4.74 Å². The summed E-state index contributed by atoms with van der Waals surface area (Å²) in [6.07, 6.45) is 0.366. The van der Waals surface area contributed by atoms with E-state index in [9.17, 15) is 4.79 Å². The summed E-state index contributed by atoms with van der Waals surface area (Å²) in [6.45, 7) is 2.47. The molecular weight excluding hydrogens is 330 g/mol. The summed E-state index contributed by atoms with van der Waals surface area (Å²) >= 11 is 3.50. The first-order chi connectivity index (χ1) is 10.1. The van der Waals surface area contributed by atoms with Gasteiger partial charge < -0.3 is 10.1 Å². The molecule has 2 aromatic rings. The monoisotopic (exact) mass is 347 g/mol. The molecule has 1 N–H and O–H groups in total. The molecule has 0 fully saturated rings. The highest BCUT2D eigenvalue weighted by atomic mass is 79.9. The third-order valence-electron chi connectivity index (χ3n) is 3.22. The van der Waals surface area contributed by atoms with Gasteiger partial charge in [-0.05, 0) is 51.7 Å². The van der Waals surface area contributed by atoms with E-state index < -0.39 is 0 Å². The summed E-state index contributed by atoms with van der Waals surface area (Å²) in [6, 6.07) is 13.8. The average Bonchev–Trinajstić information content (AvgIpc) is 2.47. The molecule has 0 aliphatic rings. The molecule has 2 aromatic carbocycles. The largest absolute Gasteiger partial charge is 0.488 e. The summed E-state index contributed by atoms with van der Waals surface area (Å²) in [4.78, 5) is 11.5. The van der Waals surface area contributed by atoms with Gasteiger partial charge >= 0.3 is 0 Å². The van der Waals surface area contributed by atoms with Crippen molar-refractivity contribution in [1.82, 2.24) is 5.32 Å². The quantitative estimate of drug-likeness (QED) is 0.896.